The van der Waals surface area contributed by atoms with Crippen LogP contribution in [0.2, 0.25) is 0 Å². The van der Waals surface area contributed by atoms with E-state index in [-0.39, 0.29) is 0 Å². The summed E-state index contributed by atoms with van der Waals surface area (Å²) in [4.78, 5) is 0. The number of allylic oxidation sites excluding steroid dienone is 1. The Balaban J connectivity index is 2.86. The van der Waals surface area contributed by atoms with Crippen LogP contribution in [0.4, 0.5) is 4.39 Å². The fourth-order valence-corrected chi connectivity index (χ4v) is 1.03. The third kappa shape index (κ3) is 2.31. The van der Waals surface area contributed by atoms with Crippen LogP contribution in [0, 0.1) is 0 Å². The first-order valence-corrected chi connectivity index (χ1v) is 4.12. The van der Waals surface area contributed by atoms with E-state index >= 15 is 0 Å². The minimum absolute atomic E-state index is 0.502. The summed E-state index contributed by atoms with van der Waals surface area (Å²) in [5.41, 5.74) is 1.32. The highest BCUT2D eigenvalue weighted by Crippen LogP contribution is 2.21. The molecule has 0 aromatic heterocycles. The number of hydrogen-bond acceptors (Lipinski definition) is 1. The molecule has 0 saturated carbocycles. The van der Waals surface area contributed by atoms with E-state index in [1.807, 2.05) is 0 Å². The molecule has 1 atom stereocenters. The minimum Gasteiger partial charge on any atom is -0.497 e. The van der Waals surface area contributed by atoms with Crippen LogP contribution in [0.25, 0.3) is 5.57 Å². The first kappa shape index (κ1) is 9.78. The molecule has 1 aromatic carbocycles. The average molecular weight is 180 g/mol. The Morgan fingerprint density at radius 1 is 1.38 bits per heavy atom. The van der Waals surface area contributed by atoms with Gasteiger partial charge in [0, 0.05) is 0 Å². The average Bonchev–Trinajstić information content (AvgIpc) is 2.17. The maximum absolute atomic E-state index is 12.8. The van der Waals surface area contributed by atoms with Crippen LogP contribution in [0.5, 0.6) is 5.75 Å². The molecule has 0 N–H and O–H groups in total. The van der Waals surface area contributed by atoms with E-state index in [1.54, 1.807) is 31.4 Å². The van der Waals surface area contributed by atoms with Crippen molar-refractivity contribution in [3.8, 4) is 5.75 Å². The molecule has 0 radical (unpaired) electrons. The van der Waals surface area contributed by atoms with Gasteiger partial charge in [-0.05, 0) is 30.2 Å². The van der Waals surface area contributed by atoms with Crippen molar-refractivity contribution in [2.45, 2.75) is 13.1 Å². The molecule has 0 aliphatic heterocycles. The molecular weight excluding hydrogens is 167 g/mol. The lowest BCUT2D eigenvalue weighted by Crippen LogP contribution is -1.95. The van der Waals surface area contributed by atoms with Gasteiger partial charge in [-0.3, -0.25) is 0 Å². The van der Waals surface area contributed by atoms with E-state index in [9.17, 15) is 4.39 Å². The van der Waals surface area contributed by atoms with Crippen LogP contribution >= 0.6 is 0 Å². The van der Waals surface area contributed by atoms with Crippen LogP contribution in [-0.4, -0.2) is 13.3 Å². The standard InChI is InChI=1S/C11H13FO/c1-8(9(2)12)10-4-6-11(13-3)7-5-10/h4-7,9H,1H2,2-3H3. The molecular formula is C11H13FO. The zero-order chi connectivity index (χ0) is 9.84. The Morgan fingerprint density at radius 2 is 1.92 bits per heavy atom. The molecule has 0 aliphatic carbocycles. The summed E-state index contributed by atoms with van der Waals surface area (Å²) in [6.07, 6.45) is -1.01. The maximum Gasteiger partial charge on any atom is 0.122 e. The smallest absolute Gasteiger partial charge is 0.122 e. The summed E-state index contributed by atoms with van der Waals surface area (Å²) in [7, 11) is 1.60. The highest BCUT2D eigenvalue weighted by Gasteiger charge is 2.06. The van der Waals surface area contributed by atoms with Gasteiger partial charge >= 0.3 is 0 Å². The van der Waals surface area contributed by atoms with Crippen molar-refractivity contribution < 1.29 is 9.13 Å². The molecule has 0 heterocycles. The van der Waals surface area contributed by atoms with E-state index in [1.165, 1.54) is 6.92 Å². The molecule has 70 valence electrons. The van der Waals surface area contributed by atoms with Crippen LogP contribution in [0.15, 0.2) is 30.8 Å². The summed E-state index contributed by atoms with van der Waals surface area (Å²) < 4.78 is 17.8. The lowest BCUT2D eigenvalue weighted by molar-refractivity contribution is 0.414. The molecule has 0 aliphatic rings. The number of methoxy groups -OCH3 is 1. The Hall–Kier alpha value is -1.31. The normalized spacial score (nSPS) is 12.2. The molecule has 1 unspecified atom stereocenters. The van der Waals surface area contributed by atoms with Gasteiger partial charge in [0.25, 0.3) is 0 Å². The highest BCUT2D eigenvalue weighted by atomic mass is 19.1. The van der Waals surface area contributed by atoms with E-state index in [2.05, 4.69) is 6.58 Å². The lowest BCUT2D eigenvalue weighted by atomic mass is 10.0. The molecule has 0 spiro atoms. The number of alkyl halides is 1. The fourth-order valence-electron chi connectivity index (χ4n) is 1.03. The number of hydrogen-bond donors (Lipinski definition) is 0. The molecule has 0 fully saturated rings. The Labute approximate surface area is 77.8 Å². The van der Waals surface area contributed by atoms with Crippen molar-refractivity contribution in [3.05, 3.63) is 36.4 Å². The quantitative estimate of drug-likeness (QED) is 0.694. The van der Waals surface area contributed by atoms with Gasteiger partial charge in [0.15, 0.2) is 0 Å². The highest BCUT2D eigenvalue weighted by molar-refractivity contribution is 5.66. The van der Waals surface area contributed by atoms with Crippen LogP contribution in [-0.2, 0) is 0 Å². The monoisotopic (exact) mass is 180 g/mol. The first-order chi connectivity index (χ1) is 6.15. The van der Waals surface area contributed by atoms with Crippen LogP contribution < -0.4 is 4.74 Å². The van der Waals surface area contributed by atoms with Gasteiger partial charge in [-0.2, -0.15) is 0 Å². The number of halogens is 1. The predicted molar refractivity (Wildman–Crippen MR) is 52.6 cm³/mol. The topological polar surface area (TPSA) is 9.23 Å². The molecule has 0 saturated heterocycles. The summed E-state index contributed by atoms with van der Waals surface area (Å²) in [5.74, 6) is 0.767. The van der Waals surface area contributed by atoms with Gasteiger partial charge in [-0.15, -0.1) is 0 Å². The summed E-state index contributed by atoms with van der Waals surface area (Å²) >= 11 is 0. The van der Waals surface area contributed by atoms with E-state index in [4.69, 9.17) is 4.74 Å². The second-order valence-electron chi connectivity index (χ2n) is 2.87. The van der Waals surface area contributed by atoms with Crippen LogP contribution in [0.3, 0.4) is 0 Å². The molecule has 0 bridgehead atoms. The molecule has 2 heteroatoms. The Kier molecular flexibility index (Phi) is 3.07. The third-order valence-corrected chi connectivity index (χ3v) is 1.94. The third-order valence-electron chi connectivity index (χ3n) is 1.94. The second-order valence-corrected chi connectivity index (χ2v) is 2.87. The van der Waals surface area contributed by atoms with Crippen molar-refractivity contribution in [2.24, 2.45) is 0 Å². The van der Waals surface area contributed by atoms with Gasteiger partial charge in [-0.25, -0.2) is 4.39 Å². The molecule has 1 rings (SSSR count). The van der Waals surface area contributed by atoms with E-state index in [0.29, 0.717) is 5.57 Å². The first-order valence-electron chi connectivity index (χ1n) is 4.12. The van der Waals surface area contributed by atoms with Gasteiger partial charge in [-0.1, -0.05) is 18.7 Å². The lowest BCUT2D eigenvalue weighted by Gasteiger charge is -2.07. The second kappa shape index (κ2) is 4.08. The number of rotatable bonds is 3. The number of benzene rings is 1. The zero-order valence-electron chi connectivity index (χ0n) is 7.88. The molecule has 1 aromatic rings. The van der Waals surface area contributed by atoms with Crippen molar-refractivity contribution in [3.63, 3.8) is 0 Å². The molecule has 13 heavy (non-hydrogen) atoms. The van der Waals surface area contributed by atoms with Crippen molar-refractivity contribution in [1.29, 1.82) is 0 Å². The Bertz CT molecular complexity index is 287. The largest absolute Gasteiger partial charge is 0.497 e. The van der Waals surface area contributed by atoms with Crippen LogP contribution in [0.1, 0.15) is 12.5 Å². The van der Waals surface area contributed by atoms with Crippen molar-refractivity contribution in [1.82, 2.24) is 0 Å². The van der Waals surface area contributed by atoms with Crippen molar-refractivity contribution in [2.75, 3.05) is 7.11 Å². The van der Waals surface area contributed by atoms with Gasteiger partial charge in [0.05, 0.1) is 7.11 Å². The number of ether oxygens (including phenoxy) is 1. The Morgan fingerprint density at radius 3 is 2.31 bits per heavy atom. The van der Waals surface area contributed by atoms with E-state index in [0.717, 1.165) is 11.3 Å². The maximum atomic E-state index is 12.8. The zero-order valence-corrected chi connectivity index (χ0v) is 7.88. The SMILES string of the molecule is C=C(c1ccc(OC)cc1)C(C)F. The molecule has 1 nitrogen and oxygen atoms in total. The molecule has 0 amide bonds. The van der Waals surface area contributed by atoms with Gasteiger partial charge < -0.3 is 4.74 Å². The predicted octanol–water partition coefficient (Wildman–Crippen LogP) is 3.07. The fraction of sp³-hybridized carbons (Fsp3) is 0.273. The summed E-state index contributed by atoms with van der Waals surface area (Å²) in [6.45, 7) is 5.14. The van der Waals surface area contributed by atoms with Crippen molar-refractivity contribution >= 4 is 5.57 Å². The summed E-state index contributed by atoms with van der Waals surface area (Å²) in [5, 5.41) is 0. The van der Waals surface area contributed by atoms with Gasteiger partial charge in [0.1, 0.15) is 11.9 Å². The minimum atomic E-state index is -1.01. The van der Waals surface area contributed by atoms with E-state index < -0.39 is 6.17 Å². The van der Waals surface area contributed by atoms with Gasteiger partial charge in [0.2, 0.25) is 0 Å². The summed E-state index contributed by atoms with van der Waals surface area (Å²) in [6, 6.07) is 7.19.